The van der Waals surface area contributed by atoms with Crippen molar-refractivity contribution in [3.05, 3.63) is 22.3 Å². The van der Waals surface area contributed by atoms with Crippen molar-refractivity contribution in [2.75, 3.05) is 44.7 Å². The number of rotatable bonds is 4. The van der Waals surface area contributed by atoms with Crippen molar-refractivity contribution in [1.29, 1.82) is 0 Å². The predicted octanol–water partition coefficient (Wildman–Crippen LogP) is 1.89. The van der Waals surface area contributed by atoms with E-state index in [0.717, 1.165) is 18.9 Å². The minimum absolute atomic E-state index is 0.00112. The number of carbonyl (C=O) groups is 1. The number of amides is 1. The molecule has 0 aromatic carbocycles. The van der Waals surface area contributed by atoms with Crippen LogP contribution in [-0.2, 0) is 4.79 Å². The van der Waals surface area contributed by atoms with Crippen molar-refractivity contribution in [3.8, 4) is 0 Å². The Bertz CT molecular complexity index is 504. The van der Waals surface area contributed by atoms with Crippen LogP contribution >= 0.6 is 23.2 Å². The van der Waals surface area contributed by atoms with Crippen molar-refractivity contribution in [3.63, 3.8) is 0 Å². The number of hydrogen-bond donors (Lipinski definition) is 1. The van der Waals surface area contributed by atoms with Gasteiger partial charge in [0.1, 0.15) is 5.82 Å². The van der Waals surface area contributed by atoms with E-state index >= 15 is 0 Å². The Balaban J connectivity index is 1.95. The number of nitrogens with zero attached hydrogens (tertiary/aromatic N) is 3. The molecule has 1 aromatic heterocycles. The molecule has 0 aliphatic carbocycles. The molecule has 1 fully saturated rings. The van der Waals surface area contributed by atoms with Crippen molar-refractivity contribution in [1.82, 2.24) is 15.2 Å². The molecule has 1 aliphatic rings. The Kier molecular flexibility index (Phi) is 5.67. The van der Waals surface area contributed by atoms with Crippen LogP contribution in [0.3, 0.4) is 0 Å². The van der Waals surface area contributed by atoms with Gasteiger partial charge in [-0.3, -0.25) is 4.79 Å². The van der Waals surface area contributed by atoms with E-state index in [1.807, 2.05) is 18.9 Å². The monoisotopic (exact) mass is 330 g/mol. The lowest BCUT2D eigenvalue weighted by molar-refractivity contribution is -0.135. The molecule has 7 heteroatoms. The maximum Gasteiger partial charge on any atom is 0.226 e. The number of nitrogens with one attached hydrogen (secondary N) is 1. The second-order valence-electron chi connectivity index (χ2n) is 5.23. The van der Waals surface area contributed by atoms with E-state index in [9.17, 15) is 4.79 Å². The Hall–Kier alpha value is -1.04. The molecule has 2 rings (SSSR count). The molecule has 0 radical (unpaired) electrons. The first-order valence-corrected chi connectivity index (χ1v) is 7.78. The highest BCUT2D eigenvalue weighted by atomic mass is 35.5. The van der Waals surface area contributed by atoms with Gasteiger partial charge in [0.25, 0.3) is 0 Å². The summed E-state index contributed by atoms with van der Waals surface area (Å²) in [4.78, 5) is 20.5. The average Bonchev–Trinajstić information content (AvgIpc) is 2.47. The van der Waals surface area contributed by atoms with Gasteiger partial charge in [-0.1, -0.05) is 30.1 Å². The Morgan fingerprint density at radius 1 is 1.38 bits per heavy atom. The number of aromatic nitrogens is 1. The maximum absolute atomic E-state index is 12.3. The van der Waals surface area contributed by atoms with Gasteiger partial charge in [0.2, 0.25) is 5.91 Å². The number of hydrogen-bond acceptors (Lipinski definition) is 4. The lowest BCUT2D eigenvalue weighted by atomic mass is 10.1. The largest absolute Gasteiger partial charge is 0.352 e. The zero-order valence-corrected chi connectivity index (χ0v) is 13.8. The molecule has 0 unspecified atom stereocenters. The molecule has 5 nitrogen and oxygen atoms in total. The number of piperazine rings is 1. The van der Waals surface area contributed by atoms with Gasteiger partial charge < -0.3 is 15.1 Å². The van der Waals surface area contributed by atoms with Gasteiger partial charge in [0.15, 0.2) is 0 Å². The van der Waals surface area contributed by atoms with Crippen LogP contribution in [0, 0.1) is 5.92 Å². The molecule has 2 heterocycles. The maximum atomic E-state index is 12.3. The van der Waals surface area contributed by atoms with Gasteiger partial charge in [-0.15, -0.1) is 0 Å². The first-order chi connectivity index (χ1) is 10.0. The summed E-state index contributed by atoms with van der Waals surface area (Å²) in [6.45, 7) is 5.48. The summed E-state index contributed by atoms with van der Waals surface area (Å²) in [5.41, 5.74) is 0. The molecule has 116 valence electrons. The molecule has 0 bridgehead atoms. The Morgan fingerprint density at radius 2 is 2.05 bits per heavy atom. The van der Waals surface area contributed by atoms with Crippen molar-refractivity contribution >= 4 is 34.9 Å². The van der Waals surface area contributed by atoms with E-state index < -0.39 is 0 Å². The molecule has 1 saturated heterocycles. The highest BCUT2D eigenvalue weighted by Crippen LogP contribution is 2.26. The van der Waals surface area contributed by atoms with Crippen LogP contribution in [0.15, 0.2) is 12.3 Å². The number of anilines is 1. The van der Waals surface area contributed by atoms with Crippen LogP contribution in [0.1, 0.15) is 6.92 Å². The second kappa shape index (κ2) is 7.29. The standard InChI is InChI=1S/C14H20Cl2N4O/c1-10(8-17-2)14(21)20-5-3-19(4-6-20)13-12(16)7-11(15)9-18-13/h7,9-10,17H,3-6,8H2,1-2H3/t10-/m1/s1. The third-order valence-electron chi connectivity index (χ3n) is 3.61. The fraction of sp³-hybridized carbons (Fsp3) is 0.571. The molecule has 21 heavy (non-hydrogen) atoms. The molecule has 1 aliphatic heterocycles. The molecule has 0 spiro atoms. The minimum Gasteiger partial charge on any atom is -0.352 e. The van der Waals surface area contributed by atoms with Crippen LogP contribution in [0.25, 0.3) is 0 Å². The summed E-state index contributed by atoms with van der Waals surface area (Å²) in [7, 11) is 1.86. The Morgan fingerprint density at radius 3 is 2.62 bits per heavy atom. The number of halogens is 2. The molecule has 0 saturated carbocycles. The average molecular weight is 331 g/mol. The van der Waals surface area contributed by atoms with E-state index in [1.54, 1.807) is 12.3 Å². The van der Waals surface area contributed by atoms with Crippen molar-refractivity contribution in [2.45, 2.75) is 6.92 Å². The van der Waals surface area contributed by atoms with Crippen LogP contribution < -0.4 is 10.2 Å². The van der Waals surface area contributed by atoms with Crippen molar-refractivity contribution < 1.29 is 4.79 Å². The number of carbonyl (C=O) groups excluding carboxylic acids is 1. The first kappa shape index (κ1) is 16.3. The lowest BCUT2D eigenvalue weighted by Gasteiger charge is -2.36. The SMILES string of the molecule is CNC[C@@H](C)C(=O)N1CCN(c2ncc(Cl)cc2Cl)CC1. The van der Waals surface area contributed by atoms with Gasteiger partial charge in [-0.25, -0.2) is 4.98 Å². The van der Waals surface area contributed by atoms with Gasteiger partial charge in [0.05, 0.1) is 10.0 Å². The van der Waals surface area contributed by atoms with Crippen LogP contribution in [0.4, 0.5) is 5.82 Å². The van der Waals surface area contributed by atoms with Gasteiger partial charge in [-0.2, -0.15) is 0 Å². The van der Waals surface area contributed by atoms with E-state index in [0.29, 0.717) is 29.7 Å². The number of pyridine rings is 1. The summed E-state index contributed by atoms with van der Waals surface area (Å²) in [5, 5.41) is 4.11. The second-order valence-corrected chi connectivity index (χ2v) is 6.07. The third-order valence-corrected chi connectivity index (χ3v) is 4.10. The van der Waals surface area contributed by atoms with Crippen LogP contribution in [0.5, 0.6) is 0 Å². The van der Waals surface area contributed by atoms with Gasteiger partial charge >= 0.3 is 0 Å². The van der Waals surface area contributed by atoms with E-state index in [4.69, 9.17) is 23.2 Å². The molecule has 1 N–H and O–H groups in total. The van der Waals surface area contributed by atoms with Gasteiger partial charge in [0, 0.05) is 44.8 Å². The molecule has 1 aromatic rings. The third kappa shape index (κ3) is 3.99. The summed E-state index contributed by atoms with van der Waals surface area (Å²) in [6.07, 6.45) is 1.59. The summed E-state index contributed by atoms with van der Waals surface area (Å²) < 4.78 is 0. The van der Waals surface area contributed by atoms with Crippen LogP contribution in [-0.4, -0.2) is 55.6 Å². The fourth-order valence-corrected chi connectivity index (χ4v) is 2.98. The molecular weight excluding hydrogens is 311 g/mol. The lowest BCUT2D eigenvalue weighted by Crippen LogP contribution is -2.51. The Labute approximate surface area is 135 Å². The van der Waals surface area contributed by atoms with E-state index in [-0.39, 0.29) is 11.8 Å². The fourth-order valence-electron chi connectivity index (χ4n) is 2.48. The zero-order valence-electron chi connectivity index (χ0n) is 12.3. The first-order valence-electron chi connectivity index (χ1n) is 7.02. The van der Waals surface area contributed by atoms with Crippen molar-refractivity contribution in [2.24, 2.45) is 5.92 Å². The highest BCUT2D eigenvalue weighted by molar-refractivity contribution is 6.36. The molecular formula is C14H20Cl2N4O. The molecule has 1 amide bonds. The summed E-state index contributed by atoms with van der Waals surface area (Å²) >= 11 is 12.0. The smallest absolute Gasteiger partial charge is 0.226 e. The van der Waals surface area contributed by atoms with E-state index in [2.05, 4.69) is 15.2 Å². The summed E-state index contributed by atoms with van der Waals surface area (Å²) in [5.74, 6) is 0.925. The van der Waals surface area contributed by atoms with Crippen LogP contribution in [0.2, 0.25) is 10.0 Å². The zero-order chi connectivity index (χ0) is 15.4. The normalized spacial score (nSPS) is 17.0. The quantitative estimate of drug-likeness (QED) is 0.915. The highest BCUT2D eigenvalue weighted by Gasteiger charge is 2.25. The minimum atomic E-state index is -0.00112. The van der Waals surface area contributed by atoms with E-state index in [1.165, 1.54) is 0 Å². The van der Waals surface area contributed by atoms with Gasteiger partial charge in [-0.05, 0) is 13.1 Å². The topological polar surface area (TPSA) is 48.5 Å². The predicted molar refractivity (Wildman–Crippen MR) is 86.1 cm³/mol. The molecule has 1 atom stereocenters. The summed E-state index contributed by atoms with van der Waals surface area (Å²) in [6, 6.07) is 1.69.